The second-order valence-corrected chi connectivity index (χ2v) is 12.4. The number of hydrogen-bond donors (Lipinski definition) is 0. The van der Waals surface area contributed by atoms with Crippen molar-refractivity contribution >= 4 is 18.1 Å². The van der Waals surface area contributed by atoms with Crippen molar-refractivity contribution in [2.24, 2.45) is 40.4 Å². The van der Waals surface area contributed by atoms with Gasteiger partial charge in [0.15, 0.2) is 5.78 Å². The smallest absolute Gasteiger partial charge is 0.438 e. The molecule has 4 rings (SSSR count). The molecule has 7 heteroatoms. The minimum absolute atomic E-state index is 0.0168. The molecule has 0 aromatic heterocycles. The van der Waals surface area contributed by atoms with Crippen molar-refractivity contribution < 1.29 is 33.3 Å². The van der Waals surface area contributed by atoms with E-state index in [1.165, 1.54) is 19.8 Å². The number of hydrogen-bond acceptors (Lipinski definition) is 7. The monoisotopic (exact) mass is 528 g/mol. The van der Waals surface area contributed by atoms with Crippen LogP contribution in [-0.2, 0) is 23.7 Å². The largest absolute Gasteiger partial charge is 0.508 e. The van der Waals surface area contributed by atoms with Crippen LogP contribution in [-0.4, -0.2) is 44.5 Å². The minimum Gasteiger partial charge on any atom is -0.438 e. The molecular weight excluding hydrogens is 484 g/mol. The maximum atomic E-state index is 12.3. The van der Waals surface area contributed by atoms with Crippen LogP contribution in [0.25, 0.3) is 0 Å². The van der Waals surface area contributed by atoms with Crippen molar-refractivity contribution in [3.63, 3.8) is 0 Å². The quantitative estimate of drug-likeness (QED) is 0.276. The van der Waals surface area contributed by atoms with Gasteiger partial charge < -0.3 is 18.9 Å². The third kappa shape index (κ3) is 4.93. The lowest BCUT2D eigenvalue weighted by molar-refractivity contribution is -0.117. The number of allylic oxidation sites excluding steroid dienone is 5. The lowest BCUT2D eigenvalue weighted by atomic mass is 9.49. The molecule has 0 N–H and O–H groups in total. The number of ether oxygens (including phenoxy) is 4. The molecule has 0 aromatic rings. The Morgan fingerprint density at radius 3 is 2.29 bits per heavy atom. The van der Waals surface area contributed by atoms with Crippen LogP contribution in [0.2, 0.25) is 0 Å². The Labute approximate surface area is 227 Å². The van der Waals surface area contributed by atoms with Crippen molar-refractivity contribution in [1.82, 2.24) is 0 Å². The zero-order valence-electron chi connectivity index (χ0n) is 24.0. The summed E-state index contributed by atoms with van der Waals surface area (Å²) in [6.45, 7) is 10.8. The van der Waals surface area contributed by atoms with E-state index in [0.29, 0.717) is 30.6 Å². The van der Waals surface area contributed by atoms with Gasteiger partial charge >= 0.3 is 12.3 Å². The van der Waals surface area contributed by atoms with Gasteiger partial charge in [0.25, 0.3) is 0 Å². The molecule has 7 nitrogen and oxygen atoms in total. The Hall–Kier alpha value is -2.57. The second kappa shape index (κ2) is 10.9. The Bertz CT molecular complexity index is 1040. The average molecular weight is 529 g/mol. The van der Waals surface area contributed by atoms with Gasteiger partial charge in [-0.05, 0) is 60.8 Å². The highest BCUT2D eigenvalue weighted by Gasteiger charge is 2.60. The number of carbonyl (C=O) groups excluding carboxylic acids is 3. The van der Waals surface area contributed by atoms with Crippen LogP contribution in [0.1, 0.15) is 73.1 Å². The first-order chi connectivity index (χ1) is 17.9. The second-order valence-electron chi connectivity index (χ2n) is 12.4. The van der Waals surface area contributed by atoms with Crippen LogP contribution >= 0.6 is 0 Å². The molecule has 0 unspecified atom stereocenters. The lowest BCUT2D eigenvalue weighted by Crippen LogP contribution is -2.54. The average Bonchev–Trinajstić information content (AvgIpc) is 3.24. The fourth-order valence-corrected chi connectivity index (χ4v) is 8.09. The standard InChI is InChI=1S/C31H44O7/c1-18(2)26(32)13-8-19(3)23-11-12-24-22-10-9-20-16-21(37-28(33)35-6)17-27(38-29(34)36-7)31(20,5)25(22)14-15-30(23,24)4/h8-10,13,18-19,21,23-25,27H,11-12,14-17H2,1-7H3/t19-,21-,23-,24+,25+,27+,30-,31+/m1/s1. The number of methoxy groups -OCH3 is 2. The predicted octanol–water partition coefficient (Wildman–Crippen LogP) is 6.82. The lowest BCUT2D eigenvalue weighted by Gasteiger charge is -2.57. The molecule has 0 radical (unpaired) electrons. The van der Waals surface area contributed by atoms with Gasteiger partial charge in [0.2, 0.25) is 0 Å². The molecule has 0 aliphatic heterocycles. The highest BCUT2D eigenvalue weighted by atomic mass is 16.7. The number of rotatable bonds is 6. The first kappa shape index (κ1) is 28.4. The van der Waals surface area contributed by atoms with Gasteiger partial charge in [-0.15, -0.1) is 0 Å². The normalized spacial score (nSPS) is 36.8. The van der Waals surface area contributed by atoms with Crippen LogP contribution in [0.15, 0.2) is 35.5 Å². The molecule has 3 saturated carbocycles. The zero-order valence-corrected chi connectivity index (χ0v) is 24.0. The van der Waals surface area contributed by atoms with E-state index in [-0.39, 0.29) is 23.0 Å². The third-order valence-electron chi connectivity index (χ3n) is 10.3. The summed E-state index contributed by atoms with van der Waals surface area (Å²) in [4.78, 5) is 36.4. The van der Waals surface area contributed by atoms with Crippen LogP contribution in [0.3, 0.4) is 0 Å². The van der Waals surface area contributed by atoms with Gasteiger partial charge in [-0.3, -0.25) is 4.79 Å². The fourth-order valence-electron chi connectivity index (χ4n) is 8.09. The summed E-state index contributed by atoms with van der Waals surface area (Å²) in [5.74, 6) is 1.72. The number of fused-ring (bicyclic) bond motifs is 5. The van der Waals surface area contributed by atoms with Crippen molar-refractivity contribution in [3.05, 3.63) is 35.5 Å². The van der Waals surface area contributed by atoms with E-state index in [1.54, 1.807) is 6.08 Å². The Kier molecular flexibility index (Phi) is 8.15. The summed E-state index contributed by atoms with van der Waals surface area (Å²) >= 11 is 0. The van der Waals surface area contributed by atoms with Gasteiger partial charge in [0.05, 0.1) is 14.2 Å². The Morgan fingerprint density at radius 2 is 1.63 bits per heavy atom. The van der Waals surface area contributed by atoms with E-state index in [2.05, 4.69) is 39.0 Å². The molecule has 4 aliphatic rings. The van der Waals surface area contributed by atoms with E-state index < -0.39 is 29.9 Å². The summed E-state index contributed by atoms with van der Waals surface area (Å²) < 4.78 is 21.0. The molecule has 210 valence electrons. The first-order valence-corrected chi connectivity index (χ1v) is 14.1. The summed E-state index contributed by atoms with van der Waals surface area (Å²) in [5.41, 5.74) is 2.34. The molecule has 8 atom stereocenters. The van der Waals surface area contributed by atoms with Gasteiger partial charge in [-0.25, -0.2) is 9.59 Å². The predicted molar refractivity (Wildman–Crippen MR) is 143 cm³/mol. The molecule has 4 aliphatic carbocycles. The van der Waals surface area contributed by atoms with E-state index in [9.17, 15) is 14.4 Å². The third-order valence-corrected chi connectivity index (χ3v) is 10.3. The van der Waals surface area contributed by atoms with Crippen molar-refractivity contribution in [1.29, 1.82) is 0 Å². The number of carbonyl (C=O) groups is 3. The summed E-state index contributed by atoms with van der Waals surface area (Å²) in [7, 11) is 2.60. The molecule has 3 fully saturated rings. The molecule has 38 heavy (non-hydrogen) atoms. The summed E-state index contributed by atoms with van der Waals surface area (Å²) in [5, 5.41) is 0. The molecule has 0 aromatic carbocycles. The van der Waals surface area contributed by atoms with Gasteiger partial charge in [0, 0.05) is 24.2 Å². The van der Waals surface area contributed by atoms with Crippen LogP contribution in [0.4, 0.5) is 9.59 Å². The van der Waals surface area contributed by atoms with Crippen molar-refractivity contribution in [3.8, 4) is 0 Å². The van der Waals surface area contributed by atoms with E-state index in [1.807, 2.05) is 13.8 Å². The zero-order chi connectivity index (χ0) is 27.8. The number of ketones is 1. The Balaban J connectivity index is 1.63. The fraction of sp³-hybridized carbons (Fsp3) is 0.710. The van der Waals surface area contributed by atoms with Gasteiger partial charge in [0.1, 0.15) is 12.2 Å². The SMILES string of the molecule is COC(=O)O[C@@H]1CC2=CC=C3[C@@H]4CC[C@H]([C@H](C)C=CC(=O)C(C)C)[C@@]4(C)CC[C@@H]3[C@@]2(C)[C@@H](OC(=O)OC)C1. The highest BCUT2D eigenvalue weighted by molar-refractivity contribution is 5.91. The minimum atomic E-state index is -0.730. The van der Waals surface area contributed by atoms with Crippen LogP contribution < -0.4 is 0 Å². The van der Waals surface area contributed by atoms with Gasteiger partial charge in [-0.1, -0.05) is 64.0 Å². The van der Waals surface area contributed by atoms with E-state index in [0.717, 1.165) is 31.3 Å². The van der Waals surface area contributed by atoms with Crippen molar-refractivity contribution in [2.75, 3.05) is 14.2 Å². The first-order valence-electron chi connectivity index (χ1n) is 14.1. The van der Waals surface area contributed by atoms with Crippen molar-refractivity contribution in [2.45, 2.75) is 85.4 Å². The highest BCUT2D eigenvalue weighted by Crippen LogP contribution is 2.66. The van der Waals surface area contributed by atoms with E-state index >= 15 is 0 Å². The Morgan fingerprint density at radius 1 is 0.947 bits per heavy atom. The summed E-state index contributed by atoms with van der Waals surface area (Å²) in [6, 6.07) is 0. The van der Waals surface area contributed by atoms with E-state index in [4.69, 9.17) is 18.9 Å². The molecule has 0 heterocycles. The topological polar surface area (TPSA) is 88.1 Å². The molecule has 0 bridgehead atoms. The maximum absolute atomic E-state index is 12.3. The van der Waals surface area contributed by atoms with Gasteiger partial charge in [-0.2, -0.15) is 0 Å². The maximum Gasteiger partial charge on any atom is 0.508 e. The van der Waals surface area contributed by atoms with Crippen LogP contribution in [0.5, 0.6) is 0 Å². The molecular formula is C31H44O7. The van der Waals surface area contributed by atoms with Crippen LogP contribution in [0, 0.1) is 40.4 Å². The molecule has 0 amide bonds. The molecule has 0 saturated heterocycles. The molecule has 0 spiro atoms. The summed E-state index contributed by atoms with van der Waals surface area (Å²) in [6.07, 6.45) is 11.3.